The van der Waals surface area contributed by atoms with Gasteiger partial charge in [-0.15, -0.1) is 0 Å². The van der Waals surface area contributed by atoms with Crippen LogP contribution in [-0.4, -0.2) is 16.1 Å². The second-order valence-corrected chi connectivity index (χ2v) is 3.57. The molecule has 0 aliphatic carbocycles. The minimum Gasteiger partial charge on any atom is -0.459 e. The number of benzene rings is 1. The highest BCUT2D eigenvalue weighted by atomic mass is 16.3. The lowest BCUT2D eigenvalue weighted by Gasteiger charge is -2.03. The van der Waals surface area contributed by atoms with E-state index >= 15 is 0 Å². The van der Waals surface area contributed by atoms with Crippen molar-refractivity contribution in [3.63, 3.8) is 0 Å². The van der Waals surface area contributed by atoms with Crippen LogP contribution in [0.3, 0.4) is 0 Å². The Hall–Kier alpha value is -2.56. The van der Waals surface area contributed by atoms with Gasteiger partial charge in [0.1, 0.15) is 0 Å². The van der Waals surface area contributed by atoms with Gasteiger partial charge in [0.25, 0.3) is 5.91 Å². The van der Waals surface area contributed by atoms with E-state index < -0.39 is 0 Å². The first-order chi connectivity index (χ1) is 8.34. The monoisotopic (exact) mass is 227 g/mol. The van der Waals surface area contributed by atoms with E-state index in [4.69, 9.17) is 4.42 Å². The topological polar surface area (TPSA) is 70.9 Å². The van der Waals surface area contributed by atoms with Crippen LogP contribution in [0.15, 0.2) is 47.2 Å². The first kappa shape index (κ1) is 9.65. The molecule has 3 aromatic rings. The third-order valence-corrected chi connectivity index (χ3v) is 2.48. The molecule has 0 fully saturated rings. The Kier molecular flexibility index (Phi) is 2.15. The summed E-state index contributed by atoms with van der Waals surface area (Å²) in [6.45, 7) is 0. The Morgan fingerprint density at radius 1 is 1.29 bits per heavy atom. The van der Waals surface area contributed by atoms with Gasteiger partial charge >= 0.3 is 0 Å². The van der Waals surface area contributed by atoms with E-state index in [1.807, 2.05) is 18.2 Å². The van der Waals surface area contributed by atoms with Crippen molar-refractivity contribution < 1.29 is 9.21 Å². The number of rotatable bonds is 2. The molecule has 5 nitrogen and oxygen atoms in total. The first-order valence-electron chi connectivity index (χ1n) is 5.11. The van der Waals surface area contributed by atoms with Crippen LogP contribution in [0, 0.1) is 0 Å². The molecule has 84 valence electrons. The molecular formula is C12H9N3O2. The summed E-state index contributed by atoms with van der Waals surface area (Å²) in [6.07, 6.45) is 3.14. The molecule has 17 heavy (non-hydrogen) atoms. The number of nitrogens with zero attached hydrogens (tertiary/aromatic N) is 1. The molecule has 0 bridgehead atoms. The van der Waals surface area contributed by atoms with Crippen molar-refractivity contribution in [3.05, 3.63) is 48.6 Å². The Bertz CT molecular complexity index is 655. The molecule has 0 aliphatic heterocycles. The summed E-state index contributed by atoms with van der Waals surface area (Å²) in [5, 5.41) is 10.4. The fraction of sp³-hybridized carbons (Fsp3) is 0. The molecule has 0 spiro atoms. The number of amides is 1. The maximum atomic E-state index is 11.8. The molecule has 5 heteroatoms. The number of aromatic nitrogens is 2. The highest BCUT2D eigenvalue weighted by molar-refractivity contribution is 6.07. The largest absolute Gasteiger partial charge is 0.459 e. The van der Waals surface area contributed by atoms with Crippen molar-refractivity contribution in [2.45, 2.75) is 0 Å². The molecule has 2 N–H and O–H groups in total. The number of hydrogen-bond acceptors (Lipinski definition) is 3. The number of aromatic amines is 1. The summed E-state index contributed by atoms with van der Waals surface area (Å²) in [7, 11) is 0. The van der Waals surface area contributed by atoms with Crippen molar-refractivity contribution >= 4 is 22.5 Å². The summed E-state index contributed by atoms with van der Waals surface area (Å²) >= 11 is 0. The number of furan rings is 1. The van der Waals surface area contributed by atoms with Crippen molar-refractivity contribution in [1.82, 2.24) is 10.2 Å². The maximum absolute atomic E-state index is 11.8. The number of fused-ring (bicyclic) bond motifs is 1. The number of hydrogen-bond donors (Lipinski definition) is 2. The Balaban J connectivity index is 1.95. The van der Waals surface area contributed by atoms with E-state index in [1.165, 1.54) is 6.26 Å². The predicted molar refractivity (Wildman–Crippen MR) is 62.8 cm³/mol. The van der Waals surface area contributed by atoms with Crippen LogP contribution in [0.25, 0.3) is 10.9 Å². The first-order valence-corrected chi connectivity index (χ1v) is 5.11. The predicted octanol–water partition coefficient (Wildman–Crippen LogP) is 2.41. The van der Waals surface area contributed by atoms with Crippen molar-refractivity contribution in [2.75, 3.05) is 5.32 Å². The van der Waals surface area contributed by atoms with Gasteiger partial charge in [-0.25, -0.2) is 0 Å². The fourth-order valence-corrected chi connectivity index (χ4v) is 1.67. The molecule has 0 atom stereocenters. The van der Waals surface area contributed by atoms with Crippen LogP contribution in [0.5, 0.6) is 0 Å². The van der Waals surface area contributed by atoms with E-state index in [2.05, 4.69) is 15.5 Å². The number of nitrogens with one attached hydrogen (secondary N) is 2. The van der Waals surface area contributed by atoms with Gasteiger partial charge in [0.15, 0.2) is 5.76 Å². The van der Waals surface area contributed by atoms with Crippen LogP contribution in [0.1, 0.15) is 10.6 Å². The van der Waals surface area contributed by atoms with Gasteiger partial charge in [-0.05, 0) is 24.3 Å². The normalized spacial score (nSPS) is 10.6. The van der Waals surface area contributed by atoms with Crippen LogP contribution in [0.4, 0.5) is 5.69 Å². The van der Waals surface area contributed by atoms with Gasteiger partial charge in [-0.2, -0.15) is 5.10 Å². The van der Waals surface area contributed by atoms with E-state index in [1.54, 1.807) is 18.3 Å². The summed E-state index contributed by atoms with van der Waals surface area (Å²) in [5.74, 6) is 0.00852. The lowest BCUT2D eigenvalue weighted by Crippen LogP contribution is -2.10. The van der Waals surface area contributed by atoms with Gasteiger partial charge in [0.2, 0.25) is 0 Å². The molecular weight excluding hydrogens is 218 g/mol. The third-order valence-electron chi connectivity index (χ3n) is 2.48. The Morgan fingerprint density at radius 2 is 2.24 bits per heavy atom. The molecule has 2 heterocycles. The van der Waals surface area contributed by atoms with E-state index in [0.29, 0.717) is 5.69 Å². The smallest absolute Gasteiger partial charge is 0.291 e. The molecule has 1 aromatic carbocycles. The Labute approximate surface area is 96.4 Å². The summed E-state index contributed by atoms with van der Waals surface area (Å²) in [5.41, 5.74) is 1.58. The molecule has 0 saturated heterocycles. The highest BCUT2D eigenvalue weighted by Crippen LogP contribution is 2.21. The minimum atomic E-state index is -0.274. The molecule has 0 aliphatic rings. The highest BCUT2D eigenvalue weighted by Gasteiger charge is 2.10. The minimum absolute atomic E-state index is 0.274. The zero-order valence-corrected chi connectivity index (χ0v) is 8.81. The number of H-pyrrole nitrogens is 1. The van der Waals surface area contributed by atoms with E-state index in [9.17, 15) is 4.79 Å². The van der Waals surface area contributed by atoms with Gasteiger partial charge in [-0.1, -0.05) is 6.07 Å². The van der Waals surface area contributed by atoms with Crippen molar-refractivity contribution in [3.8, 4) is 0 Å². The second kappa shape index (κ2) is 3.79. The van der Waals surface area contributed by atoms with Gasteiger partial charge in [0.05, 0.1) is 23.7 Å². The van der Waals surface area contributed by atoms with Crippen molar-refractivity contribution in [1.29, 1.82) is 0 Å². The molecule has 1 amide bonds. The lowest BCUT2D eigenvalue weighted by molar-refractivity contribution is 0.0997. The summed E-state index contributed by atoms with van der Waals surface area (Å²) in [6, 6.07) is 8.85. The zero-order valence-electron chi connectivity index (χ0n) is 8.81. The van der Waals surface area contributed by atoms with Gasteiger partial charge < -0.3 is 9.73 Å². The summed E-state index contributed by atoms with van der Waals surface area (Å²) in [4.78, 5) is 11.8. The average molecular weight is 227 g/mol. The average Bonchev–Trinajstić information content (AvgIpc) is 3.00. The lowest BCUT2D eigenvalue weighted by atomic mass is 10.2. The molecule has 0 saturated carbocycles. The second-order valence-electron chi connectivity index (χ2n) is 3.57. The van der Waals surface area contributed by atoms with Crippen molar-refractivity contribution in [2.24, 2.45) is 0 Å². The quantitative estimate of drug-likeness (QED) is 0.706. The Morgan fingerprint density at radius 3 is 3.06 bits per heavy atom. The number of anilines is 1. The van der Waals surface area contributed by atoms with E-state index in [0.717, 1.165) is 10.9 Å². The maximum Gasteiger partial charge on any atom is 0.291 e. The SMILES string of the molecule is O=C(Nc1cccc2[nH]ncc12)c1ccco1. The van der Waals surface area contributed by atoms with Crippen LogP contribution < -0.4 is 5.32 Å². The third kappa shape index (κ3) is 1.67. The van der Waals surface area contributed by atoms with Crippen LogP contribution in [0.2, 0.25) is 0 Å². The van der Waals surface area contributed by atoms with Gasteiger partial charge in [0, 0.05) is 5.39 Å². The standard InChI is InChI=1S/C12H9N3O2/c16-12(11-5-2-6-17-11)14-9-3-1-4-10-8(9)7-13-15-10/h1-7H,(H,13,15)(H,14,16). The van der Waals surface area contributed by atoms with Gasteiger partial charge in [-0.3, -0.25) is 9.89 Å². The fourth-order valence-electron chi connectivity index (χ4n) is 1.67. The van der Waals surface area contributed by atoms with E-state index in [-0.39, 0.29) is 11.7 Å². The van der Waals surface area contributed by atoms with Crippen LogP contribution >= 0.6 is 0 Å². The summed E-state index contributed by atoms with van der Waals surface area (Å²) < 4.78 is 5.03. The molecule has 0 unspecified atom stereocenters. The van der Waals surface area contributed by atoms with Crippen LogP contribution in [-0.2, 0) is 0 Å². The molecule has 3 rings (SSSR count). The molecule has 0 radical (unpaired) electrons. The molecule has 2 aromatic heterocycles. The number of carbonyl (C=O) groups excluding carboxylic acids is 1. The number of carbonyl (C=O) groups is 1. The zero-order chi connectivity index (χ0) is 11.7.